The van der Waals surface area contributed by atoms with E-state index in [9.17, 15) is 29.7 Å². The summed E-state index contributed by atoms with van der Waals surface area (Å²) in [6.07, 6.45) is 1.86. The smallest absolute Gasteiger partial charge is 0.303 e. The average Bonchev–Trinajstić information content (AvgIpc) is 3.11. The van der Waals surface area contributed by atoms with Gasteiger partial charge in [0.2, 0.25) is 0 Å². The molecule has 0 spiro atoms. The Morgan fingerprint density at radius 3 is 0.763 bits per heavy atom. The van der Waals surface area contributed by atoms with E-state index in [1.165, 1.54) is 0 Å². The number of rotatable bonds is 12. The summed E-state index contributed by atoms with van der Waals surface area (Å²) in [5, 5.41) is 81.5. The molecule has 0 bridgehead atoms. The number of phenols is 3. The van der Waals surface area contributed by atoms with Gasteiger partial charge in [-0.25, -0.2) is 0 Å². The predicted octanol–water partition coefficient (Wildman–Crippen LogP) is 8.02. The van der Waals surface area contributed by atoms with Gasteiger partial charge in [0.1, 0.15) is 17.2 Å². The van der Waals surface area contributed by atoms with Gasteiger partial charge in [-0.1, -0.05) is 106 Å². The maximum Gasteiger partial charge on any atom is 0.303 e. The highest BCUT2D eigenvalue weighted by atomic mass is 16.4. The third-order valence-corrected chi connectivity index (χ3v) is 9.53. The number of carboxylic acids is 3. The van der Waals surface area contributed by atoms with Crippen LogP contribution in [0, 0.1) is 26.2 Å². The van der Waals surface area contributed by atoms with Gasteiger partial charge in [0.05, 0.1) is 19.8 Å². The largest absolute Gasteiger partial charge is 0.507 e. The van der Waals surface area contributed by atoms with Crippen LogP contribution in [-0.2, 0) is 49.9 Å². The van der Waals surface area contributed by atoms with Crippen molar-refractivity contribution in [3.05, 3.63) is 86.5 Å². The van der Waals surface area contributed by atoms with Crippen LogP contribution < -0.4 is 0 Å². The summed E-state index contributed by atoms with van der Waals surface area (Å²) in [4.78, 5) is 31.7. The van der Waals surface area contributed by atoms with Crippen LogP contribution in [0.1, 0.15) is 139 Å². The van der Waals surface area contributed by atoms with E-state index < -0.39 is 23.3 Å². The number of hydrogen-bond donors (Lipinski definition) is 9. The van der Waals surface area contributed by atoms with Gasteiger partial charge in [-0.3, -0.25) is 14.4 Å². The average molecular weight is 829 g/mol. The van der Waals surface area contributed by atoms with Gasteiger partial charge in [0.15, 0.2) is 0 Å². The van der Waals surface area contributed by atoms with E-state index in [2.05, 4.69) is 0 Å². The normalized spacial score (nSPS) is 11.6. The Morgan fingerprint density at radius 2 is 0.627 bits per heavy atom. The minimum Gasteiger partial charge on any atom is -0.507 e. The first-order valence-electron chi connectivity index (χ1n) is 19.8. The molecule has 3 rings (SSSR count). The molecule has 0 heterocycles. The molecule has 332 valence electrons. The summed E-state index contributed by atoms with van der Waals surface area (Å²) in [6.45, 7) is 24.9. The maximum absolute atomic E-state index is 10.6. The second-order valence-corrected chi connectivity index (χ2v) is 18.6. The summed E-state index contributed by atoms with van der Waals surface area (Å²) in [7, 11) is 0. The number of benzene rings is 3. The predicted molar refractivity (Wildman–Crippen MR) is 232 cm³/mol. The number of aliphatic hydroxyl groups excluding tert-OH is 3. The fourth-order valence-corrected chi connectivity index (χ4v) is 5.61. The standard InChI is InChI=1S/3C14H20O3.C5H12O3/c3*1-9-7-10(5-6-12(15)16)8-11(13(9)17)14(2,3)4;1-5(2-6,3-7)4-8/h3*7-8,17H,5-6H2,1-4H3,(H,15,16);6-8H,2-4H2,1H3. The molecule has 0 aliphatic rings. The summed E-state index contributed by atoms with van der Waals surface area (Å²) in [5.41, 5.74) is 6.78. The van der Waals surface area contributed by atoms with E-state index in [1.54, 1.807) is 6.92 Å². The number of phenolic OH excluding ortho intramolecular Hbond substituents is 3. The SMILES string of the molecule is CC(CO)(CO)CO.Cc1cc(CCC(=O)O)cc(C(C)(C)C)c1O.Cc1cc(CCC(=O)O)cc(C(C)(C)C)c1O.Cc1cc(CCC(=O)O)cc(C(C)(C)C)c1O. The lowest BCUT2D eigenvalue weighted by atomic mass is 9.83. The number of aliphatic hydroxyl groups is 3. The summed E-state index contributed by atoms with van der Waals surface area (Å²) in [5.74, 6) is -1.45. The lowest BCUT2D eigenvalue weighted by Gasteiger charge is -2.22. The van der Waals surface area contributed by atoms with E-state index in [-0.39, 0.29) is 55.3 Å². The summed E-state index contributed by atoms with van der Waals surface area (Å²) < 4.78 is 0. The molecule has 12 heteroatoms. The molecule has 3 aromatic carbocycles. The molecule has 0 amide bonds. The fourth-order valence-electron chi connectivity index (χ4n) is 5.61. The van der Waals surface area contributed by atoms with Crippen molar-refractivity contribution in [2.24, 2.45) is 5.41 Å². The molecule has 0 radical (unpaired) electrons. The van der Waals surface area contributed by atoms with Gasteiger partial charge in [-0.15, -0.1) is 0 Å². The molecule has 12 nitrogen and oxygen atoms in total. The Labute approximate surface area is 351 Å². The van der Waals surface area contributed by atoms with E-state index in [0.29, 0.717) is 36.5 Å². The zero-order valence-electron chi connectivity index (χ0n) is 37.6. The first kappa shape index (κ1) is 54.3. The van der Waals surface area contributed by atoms with Crippen LogP contribution >= 0.6 is 0 Å². The van der Waals surface area contributed by atoms with Crippen LogP contribution in [-0.4, -0.2) is 83.7 Å². The summed E-state index contributed by atoms with van der Waals surface area (Å²) >= 11 is 0. The highest BCUT2D eigenvalue weighted by Gasteiger charge is 2.23. The first-order valence-corrected chi connectivity index (χ1v) is 19.8. The van der Waals surface area contributed by atoms with Gasteiger partial charge in [-0.2, -0.15) is 0 Å². The number of aryl methyl sites for hydroxylation is 6. The fraction of sp³-hybridized carbons (Fsp3) is 0.553. The molecular formula is C47H72O12. The molecule has 9 N–H and O–H groups in total. The number of aromatic hydroxyl groups is 3. The maximum atomic E-state index is 10.6. The Bertz CT molecular complexity index is 1630. The van der Waals surface area contributed by atoms with Gasteiger partial charge >= 0.3 is 17.9 Å². The lowest BCUT2D eigenvalue weighted by Crippen LogP contribution is -2.29. The first-order chi connectivity index (χ1) is 26.8. The van der Waals surface area contributed by atoms with Crippen LogP contribution in [0.5, 0.6) is 17.2 Å². The van der Waals surface area contributed by atoms with Crippen molar-refractivity contribution in [1.29, 1.82) is 0 Å². The number of hydrogen-bond acceptors (Lipinski definition) is 9. The molecule has 0 atom stereocenters. The zero-order valence-corrected chi connectivity index (χ0v) is 37.6. The van der Waals surface area contributed by atoms with Crippen molar-refractivity contribution in [2.45, 2.75) is 145 Å². The molecule has 0 fully saturated rings. The molecule has 0 aromatic heterocycles. The number of carboxylic acid groups (broad SMARTS) is 3. The van der Waals surface area contributed by atoms with Crippen molar-refractivity contribution in [2.75, 3.05) is 19.8 Å². The molecular weight excluding hydrogens is 757 g/mol. The minimum atomic E-state index is -0.798. The second-order valence-electron chi connectivity index (χ2n) is 18.6. The molecule has 3 aromatic rings. The van der Waals surface area contributed by atoms with Crippen LogP contribution in [0.25, 0.3) is 0 Å². The second kappa shape index (κ2) is 23.2. The molecule has 0 unspecified atom stereocenters. The highest BCUT2D eigenvalue weighted by molar-refractivity contribution is 5.68. The Balaban J connectivity index is 0.000000784. The Hall–Kier alpha value is -4.65. The molecule has 0 aliphatic carbocycles. The van der Waals surface area contributed by atoms with E-state index >= 15 is 0 Å². The van der Waals surface area contributed by atoms with Crippen molar-refractivity contribution >= 4 is 17.9 Å². The zero-order chi connectivity index (χ0) is 46.3. The van der Waals surface area contributed by atoms with Gasteiger partial charge in [0, 0.05) is 24.7 Å². The van der Waals surface area contributed by atoms with Crippen LogP contribution in [0.4, 0.5) is 0 Å². The van der Waals surface area contributed by atoms with Gasteiger partial charge < -0.3 is 46.0 Å². The van der Waals surface area contributed by atoms with Crippen molar-refractivity contribution < 1.29 is 60.3 Å². The van der Waals surface area contributed by atoms with Crippen LogP contribution in [0.15, 0.2) is 36.4 Å². The third-order valence-electron chi connectivity index (χ3n) is 9.53. The Kier molecular flexibility index (Phi) is 21.4. The monoisotopic (exact) mass is 829 g/mol. The molecule has 59 heavy (non-hydrogen) atoms. The van der Waals surface area contributed by atoms with Gasteiger partial charge in [-0.05, 0) is 106 Å². The molecule has 0 saturated carbocycles. The van der Waals surface area contributed by atoms with Crippen LogP contribution in [0.3, 0.4) is 0 Å². The number of aliphatic carboxylic acids is 3. The van der Waals surface area contributed by atoms with Crippen LogP contribution in [0.2, 0.25) is 0 Å². The summed E-state index contributed by atoms with van der Waals surface area (Å²) in [6, 6.07) is 11.3. The quantitative estimate of drug-likeness (QED) is 0.0845. The molecule has 0 aliphatic heterocycles. The highest BCUT2D eigenvalue weighted by Crippen LogP contribution is 2.36. The Morgan fingerprint density at radius 1 is 0.424 bits per heavy atom. The minimum absolute atomic E-state index is 0.119. The topological polar surface area (TPSA) is 233 Å². The number of carbonyl (C=O) groups is 3. The van der Waals surface area contributed by atoms with Crippen molar-refractivity contribution in [1.82, 2.24) is 0 Å². The van der Waals surface area contributed by atoms with E-state index in [4.69, 9.17) is 30.6 Å². The third kappa shape index (κ3) is 19.3. The van der Waals surface area contributed by atoms with Crippen molar-refractivity contribution in [3.8, 4) is 17.2 Å². The lowest BCUT2D eigenvalue weighted by molar-refractivity contribution is -0.138. The van der Waals surface area contributed by atoms with E-state index in [0.717, 1.165) is 50.1 Å². The van der Waals surface area contributed by atoms with Gasteiger partial charge in [0.25, 0.3) is 0 Å². The molecule has 0 saturated heterocycles. The van der Waals surface area contributed by atoms with Crippen molar-refractivity contribution in [3.63, 3.8) is 0 Å². The van der Waals surface area contributed by atoms with E-state index in [1.807, 2.05) is 119 Å².